The Morgan fingerprint density at radius 3 is 2.60 bits per heavy atom. The average molecular weight is 287 g/mol. The predicted molar refractivity (Wildman–Crippen MR) is 72.3 cm³/mol. The summed E-state index contributed by atoms with van der Waals surface area (Å²) in [5.41, 5.74) is 3.03. The van der Waals surface area contributed by atoms with E-state index in [2.05, 4.69) is 5.32 Å². The van der Waals surface area contributed by atoms with Gasteiger partial charge in [-0.1, -0.05) is 0 Å². The number of amides is 1. The number of carbonyl (C=O) groups is 1. The number of hydrogen-bond acceptors (Lipinski definition) is 4. The molecule has 5 nitrogen and oxygen atoms in total. The van der Waals surface area contributed by atoms with Crippen LogP contribution in [0.1, 0.15) is 17.3 Å². The van der Waals surface area contributed by atoms with Gasteiger partial charge in [0, 0.05) is 13.1 Å². The third-order valence-electron chi connectivity index (χ3n) is 2.63. The number of carbonyl (C=O) groups excluding carboxylic acids is 1. The Labute approximate surface area is 116 Å². The van der Waals surface area contributed by atoms with Crippen LogP contribution in [0, 0.1) is 11.6 Å². The third kappa shape index (κ3) is 4.14. The van der Waals surface area contributed by atoms with Crippen molar-refractivity contribution in [2.24, 2.45) is 0 Å². The van der Waals surface area contributed by atoms with Crippen LogP contribution in [0.3, 0.4) is 0 Å². The molecule has 7 heteroatoms. The van der Waals surface area contributed by atoms with Crippen LogP contribution in [0.15, 0.2) is 12.1 Å². The maximum Gasteiger partial charge on any atom is 0.257 e. The topological polar surface area (TPSA) is 78.6 Å². The first-order chi connectivity index (χ1) is 9.14. The van der Waals surface area contributed by atoms with E-state index in [4.69, 9.17) is 5.73 Å². The molecule has 0 radical (unpaired) electrons. The molecule has 0 saturated heterocycles. The summed E-state index contributed by atoms with van der Waals surface area (Å²) in [6.45, 7) is 1.66. The molecule has 0 saturated carbocycles. The van der Waals surface area contributed by atoms with Crippen molar-refractivity contribution >= 4 is 11.6 Å². The van der Waals surface area contributed by atoms with Gasteiger partial charge >= 0.3 is 0 Å². The molecule has 1 atom stereocenters. The van der Waals surface area contributed by atoms with E-state index in [0.717, 1.165) is 12.1 Å². The molecule has 0 spiro atoms. The number of aliphatic hydroxyl groups is 1. The lowest BCUT2D eigenvalue weighted by atomic mass is 10.1. The lowest BCUT2D eigenvalue weighted by Crippen LogP contribution is -2.47. The maximum absolute atomic E-state index is 13.6. The molecular formula is C13H19F2N3O2. The first-order valence-electron chi connectivity index (χ1n) is 6.03. The van der Waals surface area contributed by atoms with E-state index in [1.54, 1.807) is 19.0 Å². The van der Waals surface area contributed by atoms with Crippen molar-refractivity contribution in [3.05, 3.63) is 29.3 Å². The van der Waals surface area contributed by atoms with Gasteiger partial charge < -0.3 is 21.1 Å². The number of nitrogen functional groups attached to an aromatic ring is 1. The highest BCUT2D eigenvalue weighted by atomic mass is 19.1. The molecule has 0 fully saturated rings. The molecule has 0 heterocycles. The third-order valence-corrected chi connectivity index (χ3v) is 2.63. The van der Waals surface area contributed by atoms with Gasteiger partial charge in [-0.25, -0.2) is 8.78 Å². The van der Waals surface area contributed by atoms with Crippen LogP contribution < -0.4 is 11.1 Å². The lowest BCUT2D eigenvalue weighted by molar-refractivity contribution is 0.0324. The van der Waals surface area contributed by atoms with Crippen LogP contribution in [0.5, 0.6) is 0 Å². The van der Waals surface area contributed by atoms with Gasteiger partial charge in [0.1, 0.15) is 11.4 Å². The summed E-state index contributed by atoms with van der Waals surface area (Å²) in [5, 5.41) is 12.3. The Morgan fingerprint density at radius 1 is 1.45 bits per heavy atom. The quantitative estimate of drug-likeness (QED) is 0.693. The first-order valence-corrected chi connectivity index (χ1v) is 6.03. The van der Waals surface area contributed by atoms with Crippen LogP contribution in [0.25, 0.3) is 0 Å². The zero-order chi connectivity index (χ0) is 15.5. The summed E-state index contributed by atoms with van der Waals surface area (Å²) in [4.78, 5) is 13.5. The maximum atomic E-state index is 13.6. The number of halogens is 2. The minimum absolute atomic E-state index is 0.141. The smallest absolute Gasteiger partial charge is 0.257 e. The van der Waals surface area contributed by atoms with E-state index >= 15 is 0 Å². The second-order valence-corrected chi connectivity index (χ2v) is 5.24. The van der Waals surface area contributed by atoms with Gasteiger partial charge in [-0.2, -0.15) is 0 Å². The Balaban J connectivity index is 2.81. The fourth-order valence-corrected chi connectivity index (χ4v) is 1.87. The fourth-order valence-electron chi connectivity index (χ4n) is 1.87. The molecular weight excluding hydrogens is 268 g/mol. The van der Waals surface area contributed by atoms with E-state index in [-0.39, 0.29) is 18.8 Å². The highest BCUT2D eigenvalue weighted by Gasteiger charge is 2.25. The molecule has 112 valence electrons. The zero-order valence-corrected chi connectivity index (χ0v) is 11.7. The monoisotopic (exact) mass is 287 g/mol. The van der Waals surface area contributed by atoms with Crippen LogP contribution in [-0.2, 0) is 0 Å². The van der Waals surface area contributed by atoms with Crippen LogP contribution in [0.2, 0.25) is 0 Å². The second-order valence-electron chi connectivity index (χ2n) is 5.24. The number of likely N-dealkylation sites (N-methyl/N-ethyl adjacent to an activating group) is 1. The zero-order valence-electron chi connectivity index (χ0n) is 11.7. The molecule has 0 aliphatic heterocycles. The molecule has 1 aromatic carbocycles. The number of rotatable bonds is 5. The molecule has 0 bridgehead atoms. The summed E-state index contributed by atoms with van der Waals surface area (Å²) < 4.78 is 27.1. The fraction of sp³-hybridized carbons (Fsp3) is 0.462. The summed E-state index contributed by atoms with van der Waals surface area (Å²) in [5.74, 6) is -3.05. The van der Waals surface area contributed by atoms with Gasteiger partial charge in [-0.3, -0.25) is 4.79 Å². The van der Waals surface area contributed by atoms with Crippen molar-refractivity contribution in [2.45, 2.75) is 12.5 Å². The predicted octanol–water partition coefficient (Wildman–Crippen LogP) is 0.589. The largest absolute Gasteiger partial charge is 0.396 e. The van der Waals surface area contributed by atoms with Crippen molar-refractivity contribution in [1.82, 2.24) is 10.2 Å². The molecule has 4 N–H and O–H groups in total. The average Bonchev–Trinajstić information content (AvgIpc) is 2.30. The highest BCUT2D eigenvalue weighted by Crippen LogP contribution is 2.18. The highest BCUT2D eigenvalue weighted by molar-refractivity contribution is 5.95. The van der Waals surface area contributed by atoms with Crippen molar-refractivity contribution in [3.8, 4) is 0 Å². The standard InChI is InChI=1S/C13H19F2N3O2/c1-13(20,7-18(2)3)6-17-12(19)10-8(14)4-5-9(16)11(10)15/h4-5,20H,6-7,16H2,1-3H3,(H,17,19). The van der Waals surface area contributed by atoms with E-state index in [1.807, 2.05) is 0 Å². The van der Waals surface area contributed by atoms with Gasteiger partial charge in [0.25, 0.3) is 5.91 Å². The number of nitrogens with one attached hydrogen (secondary N) is 1. The van der Waals surface area contributed by atoms with Crippen molar-refractivity contribution in [3.63, 3.8) is 0 Å². The van der Waals surface area contributed by atoms with E-state index in [0.29, 0.717) is 0 Å². The van der Waals surface area contributed by atoms with Crippen LogP contribution in [-0.4, -0.2) is 48.7 Å². The molecule has 0 aliphatic rings. The molecule has 0 aromatic heterocycles. The normalized spacial score (nSPS) is 14.2. The number of benzene rings is 1. The van der Waals surface area contributed by atoms with Crippen molar-refractivity contribution < 1.29 is 18.7 Å². The SMILES string of the molecule is CN(C)CC(C)(O)CNC(=O)c1c(F)ccc(N)c1F. The Kier molecular flexibility index (Phi) is 5.02. The molecule has 1 amide bonds. The first kappa shape index (κ1) is 16.3. The van der Waals surface area contributed by atoms with Gasteiger partial charge in [-0.05, 0) is 33.2 Å². The minimum Gasteiger partial charge on any atom is -0.396 e. The summed E-state index contributed by atoms with van der Waals surface area (Å²) in [6, 6.07) is 1.97. The van der Waals surface area contributed by atoms with Gasteiger partial charge in [0.2, 0.25) is 0 Å². The van der Waals surface area contributed by atoms with Crippen molar-refractivity contribution in [2.75, 3.05) is 32.9 Å². The van der Waals surface area contributed by atoms with Crippen molar-refractivity contribution in [1.29, 1.82) is 0 Å². The Morgan fingerprint density at radius 2 is 2.05 bits per heavy atom. The molecule has 1 unspecified atom stereocenters. The van der Waals surface area contributed by atoms with E-state index in [1.165, 1.54) is 6.92 Å². The molecule has 1 rings (SSSR count). The Bertz CT molecular complexity index is 505. The van der Waals surface area contributed by atoms with Gasteiger partial charge in [0.15, 0.2) is 5.82 Å². The number of nitrogens with two attached hydrogens (primary N) is 1. The summed E-state index contributed by atoms with van der Waals surface area (Å²) >= 11 is 0. The number of anilines is 1. The summed E-state index contributed by atoms with van der Waals surface area (Å²) in [6.07, 6.45) is 0. The lowest BCUT2D eigenvalue weighted by Gasteiger charge is -2.27. The summed E-state index contributed by atoms with van der Waals surface area (Å²) in [7, 11) is 3.51. The van der Waals surface area contributed by atoms with Gasteiger partial charge in [0.05, 0.1) is 11.3 Å². The Hall–Kier alpha value is -1.73. The molecule has 1 aromatic rings. The number of hydrogen-bond donors (Lipinski definition) is 3. The minimum atomic E-state index is -1.22. The van der Waals surface area contributed by atoms with E-state index in [9.17, 15) is 18.7 Å². The number of nitrogens with zero attached hydrogens (tertiary/aromatic N) is 1. The van der Waals surface area contributed by atoms with Crippen LogP contribution >= 0.6 is 0 Å². The second kappa shape index (κ2) is 6.15. The van der Waals surface area contributed by atoms with Gasteiger partial charge in [-0.15, -0.1) is 0 Å². The van der Waals surface area contributed by atoms with E-state index < -0.39 is 28.7 Å². The molecule has 0 aliphatic carbocycles. The molecule has 20 heavy (non-hydrogen) atoms. The van der Waals surface area contributed by atoms with Crippen LogP contribution in [0.4, 0.5) is 14.5 Å².